The summed E-state index contributed by atoms with van der Waals surface area (Å²) >= 11 is 0. The molecule has 0 saturated carbocycles. The first-order chi connectivity index (χ1) is 11.0. The van der Waals surface area contributed by atoms with E-state index in [1.165, 1.54) is 0 Å². The molecule has 0 unspecified atom stereocenters. The van der Waals surface area contributed by atoms with Crippen molar-refractivity contribution in [2.45, 2.75) is 20.3 Å². The second-order valence-corrected chi connectivity index (χ2v) is 5.51. The van der Waals surface area contributed by atoms with Crippen molar-refractivity contribution >= 4 is 23.2 Å². The summed E-state index contributed by atoms with van der Waals surface area (Å²) in [6.07, 6.45) is 0.250. The lowest BCUT2D eigenvalue weighted by Crippen LogP contribution is -2.30. The highest BCUT2D eigenvalue weighted by molar-refractivity contribution is 5.97. The molecule has 5 heteroatoms. The number of nitrogen functional groups attached to an aromatic ring is 1. The second kappa shape index (κ2) is 7.45. The van der Waals surface area contributed by atoms with Gasteiger partial charge in [0.2, 0.25) is 0 Å². The molecule has 0 aliphatic heterocycles. The van der Waals surface area contributed by atoms with Gasteiger partial charge in [-0.15, -0.1) is 0 Å². The zero-order chi connectivity index (χ0) is 16.8. The fourth-order valence-corrected chi connectivity index (χ4v) is 2.14. The zero-order valence-corrected chi connectivity index (χ0v) is 13.3. The van der Waals surface area contributed by atoms with Crippen LogP contribution in [-0.2, 0) is 0 Å². The number of urea groups is 1. The molecular formula is C18H21N3O2. The Kier molecular flexibility index (Phi) is 5.36. The molecule has 0 fully saturated rings. The number of carbonyl (C=O) groups is 2. The summed E-state index contributed by atoms with van der Waals surface area (Å²) in [5.74, 6) is 0.000139. The molecule has 0 spiro atoms. The molecule has 0 aromatic heterocycles. The van der Waals surface area contributed by atoms with Gasteiger partial charge in [0.15, 0.2) is 5.78 Å². The Morgan fingerprint density at radius 3 is 2.30 bits per heavy atom. The molecule has 2 aromatic rings. The van der Waals surface area contributed by atoms with Crippen molar-refractivity contribution in [3.63, 3.8) is 0 Å². The highest BCUT2D eigenvalue weighted by Crippen LogP contribution is 2.19. The van der Waals surface area contributed by atoms with E-state index >= 15 is 0 Å². The second-order valence-electron chi connectivity index (χ2n) is 5.51. The van der Waals surface area contributed by atoms with Crippen molar-refractivity contribution in [2.75, 3.05) is 17.6 Å². The fraction of sp³-hybridized carbons (Fsp3) is 0.222. The number of hydrogen-bond acceptors (Lipinski definition) is 3. The van der Waals surface area contributed by atoms with Crippen molar-refractivity contribution in [1.82, 2.24) is 5.32 Å². The van der Waals surface area contributed by atoms with Gasteiger partial charge in [0.25, 0.3) is 0 Å². The summed E-state index contributed by atoms with van der Waals surface area (Å²) in [7, 11) is 0. The predicted molar refractivity (Wildman–Crippen MR) is 92.7 cm³/mol. The maximum absolute atomic E-state index is 12.0. The number of aryl methyl sites for hydroxylation is 2. The van der Waals surface area contributed by atoms with Crippen molar-refractivity contribution in [3.8, 4) is 0 Å². The van der Waals surface area contributed by atoms with Gasteiger partial charge in [-0.2, -0.15) is 0 Å². The number of Topliss-reactive ketones (excluding diaryl/α,β-unsaturated/α-hetero) is 1. The molecule has 0 heterocycles. The molecule has 2 aromatic carbocycles. The molecular weight excluding hydrogens is 290 g/mol. The van der Waals surface area contributed by atoms with Crippen molar-refractivity contribution in [1.29, 1.82) is 0 Å². The Labute approximate surface area is 135 Å². The van der Waals surface area contributed by atoms with Gasteiger partial charge in [0.05, 0.1) is 11.4 Å². The third-order valence-corrected chi connectivity index (χ3v) is 3.47. The Morgan fingerprint density at radius 2 is 1.65 bits per heavy atom. The van der Waals surface area contributed by atoms with Crippen LogP contribution in [0.15, 0.2) is 42.5 Å². The van der Waals surface area contributed by atoms with E-state index in [1.807, 2.05) is 32.0 Å². The lowest BCUT2D eigenvalue weighted by Gasteiger charge is -2.10. The molecule has 0 aliphatic carbocycles. The fourth-order valence-electron chi connectivity index (χ4n) is 2.14. The van der Waals surface area contributed by atoms with Crippen LogP contribution >= 0.6 is 0 Å². The molecule has 2 amide bonds. The van der Waals surface area contributed by atoms with Crippen LogP contribution in [0.25, 0.3) is 0 Å². The normalized spacial score (nSPS) is 10.2. The van der Waals surface area contributed by atoms with Crippen LogP contribution < -0.4 is 16.4 Å². The van der Waals surface area contributed by atoms with Crippen LogP contribution in [-0.4, -0.2) is 18.4 Å². The van der Waals surface area contributed by atoms with Gasteiger partial charge < -0.3 is 16.4 Å². The first kappa shape index (κ1) is 16.5. The summed E-state index contributed by atoms with van der Waals surface area (Å²) in [4.78, 5) is 23.8. The predicted octanol–water partition coefficient (Wildman–Crippen LogP) is 3.28. The number of amides is 2. The summed E-state index contributed by atoms with van der Waals surface area (Å²) in [5.41, 5.74) is 9.69. The summed E-state index contributed by atoms with van der Waals surface area (Å²) in [6.45, 7) is 4.16. The van der Waals surface area contributed by atoms with Gasteiger partial charge in [-0.25, -0.2) is 4.79 Å². The standard InChI is InChI=1S/C18H21N3O2/c1-12-3-6-14(7-4-12)17(22)9-10-20-18(23)21-16-8-5-13(2)11-15(16)19/h3-8,11H,9-10,19H2,1-2H3,(H2,20,21,23). The molecule has 2 rings (SSSR count). The highest BCUT2D eigenvalue weighted by Gasteiger charge is 2.08. The van der Waals surface area contributed by atoms with Crippen LogP contribution in [0.4, 0.5) is 16.2 Å². The molecule has 23 heavy (non-hydrogen) atoms. The largest absolute Gasteiger partial charge is 0.397 e. The van der Waals surface area contributed by atoms with E-state index in [4.69, 9.17) is 5.73 Å². The topological polar surface area (TPSA) is 84.2 Å². The quantitative estimate of drug-likeness (QED) is 0.585. The maximum Gasteiger partial charge on any atom is 0.319 e. The number of rotatable bonds is 5. The van der Waals surface area contributed by atoms with Crippen LogP contribution in [0, 0.1) is 13.8 Å². The minimum Gasteiger partial charge on any atom is -0.397 e. The smallest absolute Gasteiger partial charge is 0.319 e. The minimum absolute atomic E-state index is 0.000139. The van der Waals surface area contributed by atoms with E-state index in [0.29, 0.717) is 16.9 Å². The average molecular weight is 311 g/mol. The van der Waals surface area contributed by atoms with Gasteiger partial charge in [0, 0.05) is 18.5 Å². The first-order valence-corrected chi connectivity index (χ1v) is 7.46. The zero-order valence-electron chi connectivity index (χ0n) is 13.3. The van der Waals surface area contributed by atoms with Crippen LogP contribution in [0.3, 0.4) is 0 Å². The van der Waals surface area contributed by atoms with Crippen LogP contribution in [0.1, 0.15) is 27.9 Å². The number of nitrogens with one attached hydrogen (secondary N) is 2. The number of carbonyl (C=O) groups excluding carboxylic acids is 2. The van der Waals surface area contributed by atoms with Gasteiger partial charge in [0.1, 0.15) is 0 Å². The number of nitrogens with two attached hydrogens (primary N) is 1. The van der Waals surface area contributed by atoms with E-state index in [1.54, 1.807) is 24.3 Å². The number of hydrogen-bond donors (Lipinski definition) is 3. The Bertz CT molecular complexity index is 709. The number of ketones is 1. The molecule has 4 N–H and O–H groups in total. The molecule has 0 atom stereocenters. The van der Waals surface area contributed by atoms with Crippen LogP contribution in [0.5, 0.6) is 0 Å². The third-order valence-electron chi connectivity index (χ3n) is 3.47. The lowest BCUT2D eigenvalue weighted by atomic mass is 10.1. The van der Waals surface area contributed by atoms with Crippen LogP contribution in [0.2, 0.25) is 0 Å². The number of anilines is 2. The maximum atomic E-state index is 12.0. The molecule has 0 radical (unpaired) electrons. The van der Waals surface area contributed by atoms with Gasteiger partial charge in [-0.1, -0.05) is 35.9 Å². The first-order valence-electron chi connectivity index (χ1n) is 7.46. The third kappa shape index (κ3) is 4.85. The van der Waals surface area contributed by atoms with E-state index in [0.717, 1.165) is 11.1 Å². The highest BCUT2D eigenvalue weighted by atomic mass is 16.2. The van der Waals surface area contributed by atoms with E-state index in [2.05, 4.69) is 10.6 Å². The van der Waals surface area contributed by atoms with E-state index in [-0.39, 0.29) is 24.8 Å². The Morgan fingerprint density at radius 1 is 1.00 bits per heavy atom. The summed E-state index contributed by atoms with van der Waals surface area (Å²) < 4.78 is 0. The van der Waals surface area contributed by atoms with Gasteiger partial charge in [-0.05, 0) is 31.5 Å². The molecule has 0 saturated heterocycles. The molecule has 120 valence electrons. The number of benzene rings is 2. The monoisotopic (exact) mass is 311 g/mol. The van der Waals surface area contributed by atoms with Crippen molar-refractivity contribution in [2.24, 2.45) is 0 Å². The molecule has 5 nitrogen and oxygen atoms in total. The van der Waals surface area contributed by atoms with Crippen molar-refractivity contribution in [3.05, 3.63) is 59.2 Å². The average Bonchev–Trinajstić information content (AvgIpc) is 2.50. The SMILES string of the molecule is Cc1ccc(C(=O)CCNC(=O)Nc2ccc(C)cc2N)cc1. The Balaban J connectivity index is 1.80. The molecule has 0 aliphatic rings. The summed E-state index contributed by atoms with van der Waals surface area (Å²) in [5, 5.41) is 5.33. The minimum atomic E-state index is -0.378. The Hall–Kier alpha value is -2.82. The van der Waals surface area contributed by atoms with Gasteiger partial charge in [-0.3, -0.25) is 4.79 Å². The van der Waals surface area contributed by atoms with E-state index in [9.17, 15) is 9.59 Å². The van der Waals surface area contributed by atoms with E-state index < -0.39 is 0 Å². The van der Waals surface area contributed by atoms with Gasteiger partial charge >= 0.3 is 6.03 Å². The lowest BCUT2D eigenvalue weighted by molar-refractivity contribution is 0.0984. The summed E-state index contributed by atoms with van der Waals surface area (Å²) in [6, 6.07) is 12.4. The molecule has 0 bridgehead atoms. The van der Waals surface area contributed by atoms with Crippen molar-refractivity contribution < 1.29 is 9.59 Å².